The minimum atomic E-state index is 0.649. The van der Waals surface area contributed by atoms with Crippen molar-refractivity contribution in [2.24, 2.45) is 5.92 Å². The highest BCUT2D eigenvalue weighted by atomic mass is 35.5. The van der Waals surface area contributed by atoms with Gasteiger partial charge in [0.1, 0.15) is 0 Å². The first kappa shape index (κ1) is 10.0. The second kappa shape index (κ2) is 4.33. The van der Waals surface area contributed by atoms with Crippen LogP contribution in [0.25, 0.3) is 0 Å². The molecule has 0 aromatic heterocycles. The molecule has 1 nitrogen and oxygen atoms in total. The lowest BCUT2D eigenvalue weighted by molar-refractivity contribution is 0.500. The average Bonchev–Trinajstić information content (AvgIpc) is 3.01. The summed E-state index contributed by atoms with van der Waals surface area (Å²) in [7, 11) is 2.05. The van der Waals surface area contributed by atoms with Crippen molar-refractivity contribution in [3.8, 4) is 0 Å². The third-order valence-corrected chi connectivity index (χ3v) is 3.18. The minimum absolute atomic E-state index is 0.649. The van der Waals surface area contributed by atoms with Gasteiger partial charge < -0.3 is 5.32 Å². The molecule has 1 N–H and O–H groups in total. The standard InChI is InChI=1S/C12H16ClN/c1-14-12(10-4-5-10)8-9-2-6-11(13)7-3-9/h2-3,6-7,10,12,14H,4-5,8H2,1H3. The maximum atomic E-state index is 5.84. The predicted molar refractivity (Wildman–Crippen MR) is 60.7 cm³/mol. The fourth-order valence-electron chi connectivity index (χ4n) is 1.88. The Morgan fingerprint density at radius 2 is 2.00 bits per heavy atom. The highest BCUT2D eigenvalue weighted by molar-refractivity contribution is 6.30. The molecule has 1 saturated carbocycles. The zero-order chi connectivity index (χ0) is 9.97. The fraction of sp³-hybridized carbons (Fsp3) is 0.500. The molecular weight excluding hydrogens is 194 g/mol. The van der Waals surface area contributed by atoms with Gasteiger partial charge in [0, 0.05) is 11.1 Å². The molecule has 0 amide bonds. The van der Waals surface area contributed by atoms with E-state index < -0.39 is 0 Å². The van der Waals surface area contributed by atoms with E-state index in [-0.39, 0.29) is 0 Å². The summed E-state index contributed by atoms with van der Waals surface area (Å²) in [6.07, 6.45) is 3.90. The van der Waals surface area contributed by atoms with Crippen LogP contribution in [0, 0.1) is 5.92 Å². The Balaban J connectivity index is 1.98. The molecule has 1 aromatic carbocycles. The highest BCUT2D eigenvalue weighted by Gasteiger charge is 2.29. The molecule has 2 rings (SSSR count). The molecule has 2 heteroatoms. The molecule has 1 atom stereocenters. The fourth-order valence-corrected chi connectivity index (χ4v) is 2.00. The number of nitrogens with one attached hydrogen (secondary N) is 1. The zero-order valence-corrected chi connectivity index (χ0v) is 9.22. The molecule has 0 spiro atoms. The third kappa shape index (κ3) is 2.49. The van der Waals surface area contributed by atoms with Crippen molar-refractivity contribution in [3.05, 3.63) is 34.9 Å². The van der Waals surface area contributed by atoms with Crippen LogP contribution in [-0.4, -0.2) is 13.1 Å². The first-order valence-electron chi connectivity index (χ1n) is 5.21. The van der Waals surface area contributed by atoms with Gasteiger partial charge in [0.15, 0.2) is 0 Å². The quantitative estimate of drug-likeness (QED) is 0.804. The van der Waals surface area contributed by atoms with Crippen molar-refractivity contribution in [1.82, 2.24) is 5.32 Å². The largest absolute Gasteiger partial charge is 0.316 e. The van der Waals surface area contributed by atoms with Gasteiger partial charge in [-0.2, -0.15) is 0 Å². The molecule has 1 aliphatic rings. The van der Waals surface area contributed by atoms with E-state index in [1.165, 1.54) is 18.4 Å². The van der Waals surface area contributed by atoms with Gasteiger partial charge in [-0.1, -0.05) is 23.7 Å². The molecule has 1 fully saturated rings. The van der Waals surface area contributed by atoms with Crippen LogP contribution < -0.4 is 5.32 Å². The van der Waals surface area contributed by atoms with Crippen LogP contribution in [0.5, 0.6) is 0 Å². The second-order valence-corrected chi connectivity index (χ2v) is 4.50. The normalized spacial score (nSPS) is 18.1. The molecule has 0 saturated heterocycles. The summed E-state index contributed by atoms with van der Waals surface area (Å²) in [6, 6.07) is 8.83. The van der Waals surface area contributed by atoms with Crippen LogP contribution in [0.15, 0.2) is 24.3 Å². The van der Waals surface area contributed by atoms with Gasteiger partial charge in [-0.3, -0.25) is 0 Å². The molecule has 14 heavy (non-hydrogen) atoms. The lowest BCUT2D eigenvalue weighted by atomic mass is 10.0. The van der Waals surface area contributed by atoms with Crippen molar-refractivity contribution in [2.75, 3.05) is 7.05 Å². The van der Waals surface area contributed by atoms with E-state index in [2.05, 4.69) is 24.5 Å². The molecule has 76 valence electrons. The zero-order valence-electron chi connectivity index (χ0n) is 8.46. The number of likely N-dealkylation sites (N-methyl/N-ethyl adjacent to an activating group) is 1. The van der Waals surface area contributed by atoms with Gasteiger partial charge >= 0.3 is 0 Å². The van der Waals surface area contributed by atoms with Gasteiger partial charge in [0.05, 0.1) is 0 Å². The maximum Gasteiger partial charge on any atom is 0.0406 e. The van der Waals surface area contributed by atoms with Gasteiger partial charge in [0.2, 0.25) is 0 Å². The molecule has 0 bridgehead atoms. The van der Waals surface area contributed by atoms with Gasteiger partial charge in [-0.05, 0) is 49.9 Å². The highest BCUT2D eigenvalue weighted by Crippen LogP contribution is 2.33. The van der Waals surface area contributed by atoms with E-state index >= 15 is 0 Å². The number of hydrogen-bond donors (Lipinski definition) is 1. The van der Waals surface area contributed by atoms with E-state index in [4.69, 9.17) is 11.6 Å². The van der Waals surface area contributed by atoms with Crippen molar-refractivity contribution >= 4 is 11.6 Å². The Kier molecular flexibility index (Phi) is 3.09. The molecule has 1 unspecified atom stereocenters. The Labute approximate surface area is 90.5 Å². The summed E-state index contributed by atoms with van der Waals surface area (Å²) in [5, 5.41) is 4.21. The third-order valence-electron chi connectivity index (χ3n) is 2.93. The lowest BCUT2D eigenvalue weighted by Gasteiger charge is -2.15. The smallest absolute Gasteiger partial charge is 0.0406 e. The molecule has 1 aliphatic carbocycles. The van der Waals surface area contributed by atoms with E-state index in [1.807, 2.05) is 12.1 Å². The van der Waals surface area contributed by atoms with E-state index in [0.29, 0.717) is 6.04 Å². The van der Waals surface area contributed by atoms with Crippen LogP contribution in [-0.2, 0) is 6.42 Å². The summed E-state index contributed by atoms with van der Waals surface area (Å²) in [5.41, 5.74) is 1.38. The summed E-state index contributed by atoms with van der Waals surface area (Å²) in [4.78, 5) is 0. The summed E-state index contributed by atoms with van der Waals surface area (Å²) in [5.74, 6) is 0.899. The summed E-state index contributed by atoms with van der Waals surface area (Å²) < 4.78 is 0. The molecular formula is C12H16ClN. The van der Waals surface area contributed by atoms with Crippen molar-refractivity contribution in [1.29, 1.82) is 0 Å². The van der Waals surface area contributed by atoms with Crippen LogP contribution >= 0.6 is 11.6 Å². The van der Waals surface area contributed by atoms with E-state index in [0.717, 1.165) is 17.4 Å². The Morgan fingerprint density at radius 3 is 2.50 bits per heavy atom. The first-order chi connectivity index (χ1) is 6.79. The Hall–Kier alpha value is -0.530. The van der Waals surface area contributed by atoms with Crippen LogP contribution in [0.1, 0.15) is 18.4 Å². The number of benzene rings is 1. The number of halogens is 1. The first-order valence-corrected chi connectivity index (χ1v) is 5.59. The van der Waals surface area contributed by atoms with Gasteiger partial charge in [0.25, 0.3) is 0 Å². The van der Waals surface area contributed by atoms with Crippen molar-refractivity contribution in [2.45, 2.75) is 25.3 Å². The SMILES string of the molecule is CNC(Cc1ccc(Cl)cc1)C1CC1. The Bertz CT molecular complexity index is 290. The number of rotatable bonds is 4. The molecule has 0 radical (unpaired) electrons. The van der Waals surface area contributed by atoms with Crippen LogP contribution in [0.3, 0.4) is 0 Å². The van der Waals surface area contributed by atoms with Crippen molar-refractivity contribution < 1.29 is 0 Å². The van der Waals surface area contributed by atoms with Gasteiger partial charge in [-0.15, -0.1) is 0 Å². The summed E-state index contributed by atoms with van der Waals surface area (Å²) in [6.45, 7) is 0. The molecule has 0 heterocycles. The monoisotopic (exact) mass is 209 g/mol. The average molecular weight is 210 g/mol. The Morgan fingerprint density at radius 1 is 1.36 bits per heavy atom. The lowest BCUT2D eigenvalue weighted by Crippen LogP contribution is -2.29. The van der Waals surface area contributed by atoms with Crippen molar-refractivity contribution in [3.63, 3.8) is 0 Å². The van der Waals surface area contributed by atoms with Gasteiger partial charge in [-0.25, -0.2) is 0 Å². The van der Waals surface area contributed by atoms with E-state index in [9.17, 15) is 0 Å². The molecule has 0 aliphatic heterocycles. The predicted octanol–water partition coefficient (Wildman–Crippen LogP) is 2.88. The second-order valence-electron chi connectivity index (χ2n) is 4.06. The van der Waals surface area contributed by atoms with Crippen LogP contribution in [0.2, 0.25) is 5.02 Å². The maximum absolute atomic E-state index is 5.84. The topological polar surface area (TPSA) is 12.0 Å². The van der Waals surface area contributed by atoms with Crippen LogP contribution in [0.4, 0.5) is 0 Å². The van der Waals surface area contributed by atoms with E-state index in [1.54, 1.807) is 0 Å². The number of hydrogen-bond acceptors (Lipinski definition) is 1. The molecule has 1 aromatic rings. The summed E-state index contributed by atoms with van der Waals surface area (Å²) >= 11 is 5.84. The minimum Gasteiger partial charge on any atom is -0.316 e.